The molecule has 6 heteroatoms. The Bertz CT molecular complexity index is 1250. The minimum atomic E-state index is -0.230. The van der Waals surface area contributed by atoms with Gasteiger partial charge in [0.25, 0.3) is 11.5 Å². The Morgan fingerprint density at radius 1 is 1.03 bits per heavy atom. The van der Waals surface area contributed by atoms with Gasteiger partial charge in [-0.15, -0.1) is 0 Å². The van der Waals surface area contributed by atoms with Gasteiger partial charge in [0.15, 0.2) is 0 Å². The number of benzene rings is 3. The van der Waals surface area contributed by atoms with Gasteiger partial charge in [-0.25, -0.2) is 4.98 Å². The van der Waals surface area contributed by atoms with Crippen LogP contribution in [0.4, 0.5) is 5.69 Å². The van der Waals surface area contributed by atoms with Gasteiger partial charge in [0.2, 0.25) is 0 Å². The highest BCUT2D eigenvalue weighted by Crippen LogP contribution is 2.17. The van der Waals surface area contributed by atoms with Crippen LogP contribution in [0.1, 0.15) is 21.7 Å². The number of anilines is 1. The minimum Gasteiger partial charge on any atom is -0.322 e. The number of aromatic nitrogens is 2. The molecular formula is C23H18ClN3O2. The molecule has 3 aromatic carbocycles. The van der Waals surface area contributed by atoms with Crippen LogP contribution in [0.2, 0.25) is 5.02 Å². The van der Waals surface area contributed by atoms with Crippen LogP contribution in [0.3, 0.4) is 0 Å². The quantitative estimate of drug-likeness (QED) is 0.539. The summed E-state index contributed by atoms with van der Waals surface area (Å²) in [6.07, 6.45) is 0. The number of nitrogens with zero attached hydrogens (tertiary/aromatic N) is 2. The molecule has 0 aliphatic carbocycles. The number of carbonyl (C=O) groups excluding carboxylic acids is 1. The molecule has 0 spiro atoms. The van der Waals surface area contributed by atoms with E-state index in [1.54, 1.807) is 59.2 Å². The molecule has 1 heterocycles. The van der Waals surface area contributed by atoms with Gasteiger partial charge in [-0.3, -0.25) is 14.2 Å². The van der Waals surface area contributed by atoms with E-state index in [2.05, 4.69) is 10.3 Å². The molecule has 0 aliphatic heterocycles. The van der Waals surface area contributed by atoms with Gasteiger partial charge in [0.05, 0.1) is 17.4 Å². The third-order valence-corrected chi connectivity index (χ3v) is 4.94. The Morgan fingerprint density at radius 3 is 2.48 bits per heavy atom. The summed E-state index contributed by atoms with van der Waals surface area (Å²) in [5, 5.41) is 3.94. The number of halogens is 1. The van der Waals surface area contributed by atoms with Crippen molar-refractivity contribution >= 4 is 34.1 Å². The lowest BCUT2D eigenvalue weighted by Crippen LogP contribution is -2.24. The number of nitrogens with one attached hydrogen (secondary N) is 1. The van der Waals surface area contributed by atoms with Gasteiger partial charge in [-0.05, 0) is 55.0 Å². The highest BCUT2D eigenvalue weighted by Gasteiger charge is 2.11. The summed E-state index contributed by atoms with van der Waals surface area (Å²) in [5.74, 6) is 0.394. The number of rotatable bonds is 4. The number of fused-ring (bicyclic) bond motifs is 1. The van der Waals surface area contributed by atoms with Crippen LogP contribution >= 0.6 is 11.6 Å². The van der Waals surface area contributed by atoms with E-state index >= 15 is 0 Å². The smallest absolute Gasteiger partial charge is 0.261 e. The Labute approximate surface area is 172 Å². The molecule has 4 aromatic rings. The molecule has 0 atom stereocenters. The maximum Gasteiger partial charge on any atom is 0.261 e. The van der Waals surface area contributed by atoms with E-state index in [-0.39, 0.29) is 11.5 Å². The van der Waals surface area contributed by atoms with Crippen molar-refractivity contribution in [3.05, 3.63) is 105 Å². The van der Waals surface area contributed by atoms with Crippen LogP contribution in [0.15, 0.2) is 77.6 Å². The first-order valence-electron chi connectivity index (χ1n) is 9.13. The Morgan fingerprint density at radius 2 is 1.76 bits per heavy atom. The second-order valence-electron chi connectivity index (χ2n) is 6.73. The Hall–Kier alpha value is -3.44. The number of hydrogen-bond donors (Lipinski definition) is 1. The average molecular weight is 404 g/mol. The maximum absolute atomic E-state index is 13.1. The molecule has 0 saturated heterocycles. The first-order valence-corrected chi connectivity index (χ1v) is 9.51. The van der Waals surface area contributed by atoms with Crippen molar-refractivity contribution < 1.29 is 4.79 Å². The van der Waals surface area contributed by atoms with Gasteiger partial charge in [-0.1, -0.05) is 41.9 Å². The van der Waals surface area contributed by atoms with E-state index in [0.717, 1.165) is 5.56 Å². The molecule has 0 saturated carbocycles. The van der Waals surface area contributed by atoms with Crippen LogP contribution in [-0.4, -0.2) is 15.5 Å². The van der Waals surface area contributed by atoms with Crippen LogP contribution in [0.5, 0.6) is 0 Å². The fourth-order valence-electron chi connectivity index (χ4n) is 3.16. The molecule has 29 heavy (non-hydrogen) atoms. The molecule has 5 nitrogen and oxygen atoms in total. The third kappa shape index (κ3) is 4.05. The lowest BCUT2D eigenvalue weighted by Gasteiger charge is -2.12. The lowest BCUT2D eigenvalue weighted by atomic mass is 10.1. The molecule has 4 rings (SSSR count). The molecule has 0 fully saturated rings. The normalized spacial score (nSPS) is 10.8. The molecule has 0 radical (unpaired) electrons. The second-order valence-corrected chi connectivity index (χ2v) is 7.17. The van der Waals surface area contributed by atoms with Gasteiger partial charge >= 0.3 is 0 Å². The first-order chi connectivity index (χ1) is 14.0. The van der Waals surface area contributed by atoms with E-state index in [0.29, 0.717) is 39.5 Å². The predicted octanol–water partition coefficient (Wildman–Crippen LogP) is 4.66. The summed E-state index contributed by atoms with van der Waals surface area (Å²) in [4.78, 5) is 30.1. The molecule has 144 valence electrons. The molecule has 1 aromatic heterocycles. The molecular weight excluding hydrogens is 386 g/mol. The fraction of sp³-hybridized carbons (Fsp3) is 0.0870. The van der Waals surface area contributed by atoms with Crippen molar-refractivity contribution in [3.8, 4) is 0 Å². The van der Waals surface area contributed by atoms with Crippen molar-refractivity contribution in [1.82, 2.24) is 9.55 Å². The Balaban J connectivity index is 1.69. The van der Waals surface area contributed by atoms with Crippen LogP contribution in [-0.2, 0) is 6.54 Å². The standard InChI is InChI=1S/C23H18ClN3O2/c1-15-25-21-12-11-19(26-22(28)17-5-3-2-4-6-17)13-20(21)23(29)27(15)14-16-7-9-18(24)10-8-16/h2-13H,14H2,1H3,(H,26,28). The topological polar surface area (TPSA) is 64.0 Å². The zero-order valence-corrected chi connectivity index (χ0v) is 16.5. The van der Waals surface area contributed by atoms with Gasteiger partial charge in [0, 0.05) is 16.3 Å². The SMILES string of the molecule is Cc1nc2ccc(NC(=O)c3ccccc3)cc2c(=O)n1Cc1ccc(Cl)cc1. The minimum absolute atomic E-state index is 0.154. The van der Waals surface area contributed by atoms with Crippen LogP contribution < -0.4 is 10.9 Å². The molecule has 0 aliphatic rings. The van der Waals surface area contributed by atoms with E-state index in [1.165, 1.54) is 0 Å². The van der Waals surface area contributed by atoms with Gasteiger partial charge < -0.3 is 5.32 Å². The number of carbonyl (C=O) groups is 1. The highest BCUT2D eigenvalue weighted by molar-refractivity contribution is 6.30. The first kappa shape index (κ1) is 18.9. The number of hydrogen-bond acceptors (Lipinski definition) is 3. The zero-order valence-electron chi connectivity index (χ0n) is 15.7. The van der Waals surface area contributed by atoms with Crippen molar-refractivity contribution in [3.63, 3.8) is 0 Å². The summed E-state index contributed by atoms with van der Waals surface area (Å²) >= 11 is 5.94. The average Bonchev–Trinajstić information content (AvgIpc) is 2.73. The van der Waals surface area contributed by atoms with Crippen molar-refractivity contribution in [1.29, 1.82) is 0 Å². The molecule has 1 N–H and O–H groups in total. The van der Waals surface area contributed by atoms with E-state index in [4.69, 9.17) is 11.6 Å². The van der Waals surface area contributed by atoms with E-state index in [1.807, 2.05) is 25.1 Å². The van der Waals surface area contributed by atoms with Crippen LogP contribution in [0.25, 0.3) is 10.9 Å². The molecule has 0 bridgehead atoms. The molecule has 1 amide bonds. The second kappa shape index (κ2) is 7.89. The third-order valence-electron chi connectivity index (χ3n) is 4.69. The largest absolute Gasteiger partial charge is 0.322 e. The monoisotopic (exact) mass is 403 g/mol. The van der Waals surface area contributed by atoms with E-state index in [9.17, 15) is 9.59 Å². The van der Waals surface area contributed by atoms with Crippen LogP contribution in [0, 0.1) is 6.92 Å². The maximum atomic E-state index is 13.1. The predicted molar refractivity (Wildman–Crippen MR) is 116 cm³/mol. The zero-order chi connectivity index (χ0) is 20.4. The van der Waals surface area contributed by atoms with Gasteiger partial charge in [0.1, 0.15) is 5.82 Å². The summed E-state index contributed by atoms with van der Waals surface area (Å²) in [5.41, 5.74) is 2.49. The highest BCUT2D eigenvalue weighted by atomic mass is 35.5. The van der Waals surface area contributed by atoms with Crippen molar-refractivity contribution in [2.45, 2.75) is 13.5 Å². The van der Waals surface area contributed by atoms with E-state index < -0.39 is 0 Å². The lowest BCUT2D eigenvalue weighted by molar-refractivity contribution is 0.102. The number of amides is 1. The van der Waals surface area contributed by atoms with Crippen molar-refractivity contribution in [2.75, 3.05) is 5.32 Å². The molecule has 0 unspecified atom stereocenters. The summed E-state index contributed by atoms with van der Waals surface area (Å²) in [7, 11) is 0. The summed E-state index contributed by atoms with van der Waals surface area (Å²) in [6.45, 7) is 2.20. The van der Waals surface area contributed by atoms with Crippen molar-refractivity contribution in [2.24, 2.45) is 0 Å². The summed E-state index contributed by atoms with van der Waals surface area (Å²) in [6, 6.07) is 21.5. The Kier molecular flexibility index (Phi) is 5.14. The number of aryl methyl sites for hydroxylation is 1. The van der Waals surface area contributed by atoms with Gasteiger partial charge in [-0.2, -0.15) is 0 Å². The fourth-order valence-corrected chi connectivity index (χ4v) is 3.29. The summed E-state index contributed by atoms with van der Waals surface area (Å²) < 4.78 is 1.62.